The molecule has 6 saturated carbocycles. The second-order valence-electron chi connectivity index (χ2n) is 40.4. The SMILES string of the molecule is CC1CCC(CC2CCC(C)CC2)CC1.CCC.CCC1(C)CC(C)CC(C)(C)C1.CCC1CC2CCC1C2.CCC1CCCC(CC)C1.CCCC(C)(C)CC(C)CC.CCCC(C)CC(C)(C)CC.CCCCCC(C)C(=O)OC.CCCCCCCC.CCc1ccc(CC)cc1.CCc1cccc(CC)c1. The lowest BCUT2D eigenvalue weighted by atomic mass is 9.60. The maximum Gasteiger partial charge on any atom is 0.308 e. The summed E-state index contributed by atoms with van der Waals surface area (Å²) in [6, 6.07) is 17.6. The second-order valence-corrected chi connectivity index (χ2v) is 40.4. The van der Waals surface area contributed by atoms with E-state index >= 15 is 0 Å². The van der Waals surface area contributed by atoms with Crippen LogP contribution in [-0.4, -0.2) is 13.1 Å². The third kappa shape index (κ3) is 59.5. The Morgan fingerprint density at radius 2 is 0.936 bits per heavy atom. The molecule has 10 unspecified atom stereocenters. The zero-order valence-electron chi connectivity index (χ0n) is 81.7. The Kier molecular flexibility index (Phi) is 70.2. The van der Waals surface area contributed by atoms with Gasteiger partial charge in [0.2, 0.25) is 0 Å². The van der Waals surface area contributed by atoms with E-state index in [2.05, 4.69) is 254 Å². The van der Waals surface area contributed by atoms with Crippen LogP contribution in [0.5, 0.6) is 0 Å². The summed E-state index contributed by atoms with van der Waals surface area (Å²) < 4.78 is 4.60. The summed E-state index contributed by atoms with van der Waals surface area (Å²) in [5.74, 6) is 12.5. The van der Waals surface area contributed by atoms with Gasteiger partial charge in [-0.15, -0.1) is 0 Å². The minimum Gasteiger partial charge on any atom is -0.469 e. The highest BCUT2D eigenvalue weighted by Gasteiger charge is 2.39. The van der Waals surface area contributed by atoms with Crippen molar-refractivity contribution in [2.45, 2.75) is 509 Å². The monoisotopic (exact) mass is 1540 g/mol. The molecule has 110 heavy (non-hydrogen) atoms. The summed E-state index contributed by atoms with van der Waals surface area (Å²) in [5.41, 5.74) is 8.09. The molecule has 0 saturated heterocycles. The Bertz CT molecular complexity index is 2210. The number of rotatable bonds is 30. The number of methoxy groups -OCH3 is 1. The fourth-order valence-corrected chi connectivity index (χ4v) is 19.5. The van der Waals surface area contributed by atoms with Crippen LogP contribution in [0.1, 0.15) is 506 Å². The Morgan fingerprint density at radius 3 is 1.28 bits per heavy atom. The second kappa shape index (κ2) is 68.9. The minimum atomic E-state index is -0.0823. The summed E-state index contributed by atoms with van der Waals surface area (Å²) in [6.07, 6.45) is 65.6. The van der Waals surface area contributed by atoms with Gasteiger partial charge in [0, 0.05) is 0 Å². The number of aryl methyl sites for hydroxylation is 4. The molecular weight excluding hydrogens is 1330 g/mol. The molecule has 652 valence electrons. The van der Waals surface area contributed by atoms with Crippen LogP contribution in [0, 0.1) is 98.6 Å². The van der Waals surface area contributed by atoms with Gasteiger partial charge in [-0.05, 0) is 218 Å². The van der Waals surface area contributed by atoms with Crippen molar-refractivity contribution in [2.24, 2.45) is 98.6 Å². The maximum absolute atomic E-state index is 10.9. The zero-order valence-corrected chi connectivity index (χ0v) is 81.7. The normalized spacial score (nSPS) is 24.3. The Hall–Kier alpha value is -2.09. The minimum absolute atomic E-state index is 0.0755. The van der Waals surface area contributed by atoms with Gasteiger partial charge in [0.1, 0.15) is 0 Å². The number of carbonyl (C=O) groups is 1. The topological polar surface area (TPSA) is 26.3 Å². The number of hydrogen-bond acceptors (Lipinski definition) is 2. The van der Waals surface area contributed by atoms with E-state index in [1.54, 1.807) is 32.1 Å². The molecule has 0 spiro atoms. The van der Waals surface area contributed by atoms with Gasteiger partial charge < -0.3 is 4.74 Å². The smallest absolute Gasteiger partial charge is 0.308 e. The first-order valence-electron chi connectivity index (χ1n) is 49.4. The lowest BCUT2D eigenvalue weighted by Gasteiger charge is -2.45. The molecule has 8 rings (SSSR count). The predicted octanol–water partition coefficient (Wildman–Crippen LogP) is 37.0. The molecule has 0 N–H and O–H groups in total. The number of fused-ring (bicyclic) bond motifs is 2. The molecule has 6 aliphatic carbocycles. The largest absolute Gasteiger partial charge is 0.469 e. The van der Waals surface area contributed by atoms with E-state index in [0.29, 0.717) is 21.7 Å². The first-order valence-corrected chi connectivity index (χ1v) is 49.4. The molecule has 2 bridgehead atoms. The third-order valence-electron chi connectivity index (χ3n) is 27.0. The van der Waals surface area contributed by atoms with Gasteiger partial charge in [-0.3, -0.25) is 4.79 Å². The predicted molar refractivity (Wildman–Crippen MR) is 504 cm³/mol. The molecule has 2 aromatic rings. The van der Waals surface area contributed by atoms with E-state index in [4.69, 9.17) is 0 Å². The van der Waals surface area contributed by atoms with Crippen molar-refractivity contribution in [1.29, 1.82) is 0 Å². The van der Waals surface area contributed by atoms with Crippen LogP contribution in [0.2, 0.25) is 0 Å². The zero-order chi connectivity index (χ0) is 84.0. The fraction of sp³-hybridized carbons (Fsp3) is 0.880. The number of benzene rings is 2. The van der Waals surface area contributed by atoms with Crippen molar-refractivity contribution >= 4 is 5.97 Å². The first kappa shape index (κ1) is 112. The lowest BCUT2D eigenvalue weighted by Crippen LogP contribution is -2.34. The molecule has 10 atom stereocenters. The Labute approximate surface area is 697 Å². The number of esters is 1. The van der Waals surface area contributed by atoms with Crippen molar-refractivity contribution in [3.8, 4) is 0 Å². The van der Waals surface area contributed by atoms with Crippen LogP contribution in [0.15, 0.2) is 48.5 Å². The van der Waals surface area contributed by atoms with E-state index in [0.717, 1.165) is 110 Å². The first-order chi connectivity index (χ1) is 52.2. The number of unbranched alkanes of at least 4 members (excludes halogenated alkanes) is 7. The highest BCUT2D eigenvalue weighted by molar-refractivity contribution is 5.71. The molecule has 6 fully saturated rings. The number of hydrogen-bond donors (Lipinski definition) is 0. The molecule has 2 nitrogen and oxygen atoms in total. The molecular formula is C108H208O2. The van der Waals surface area contributed by atoms with Crippen LogP contribution in [0.3, 0.4) is 0 Å². The van der Waals surface area contributed by atoms with Crippen molar-refractivity contribution in [3.05, 3.63) is 70.8 Å². The molecule has 0 radical (unpaired) electrons. The van der Waals surface area contributed by atoms with Gasteiger partial charge >= 0.3 is 5.97 Å². The summed E-state index contributed by atoms with van der Waals surface area (Å²) in [4.78, 5) is 10.9. The van der Waals surface area contributed by atoms with Gasteiger partial charge in [-0.2, -0.15) is 0 Å². The number of carbonyl (C=O) groups excluding carboxylic acids is 1. The van der Waals surface area contributed by atoms with Crippen LogP contribution < -0.4 is 0 Å². The van der Waals surface area contributed by atoms with E-state index in [-0.39, 0.29) is 11.9 Å². The molecule has 0 amide bonds. The Morgan fingerprint density at radius 1 is 0.473 bits per heavy atom. The molecule has 2 aromatic carbocycles. The van der Waals surface area contributed by atoms with E-state index in [9.17, 15) is 4.79 Å². The summed E-state index contributed by atoms with van der Waals surface area (Å²) in [7, 11) is 1.44. The molecule has 0 aliphatic heterocycles. The Balaban J connectivity index is -0.00000116. The maximum atomic E-state index is 10.9. The number of ether oxygens (including phenoxy) is 1. The lowest BCUT2D eigenvalue weighted by molar-refractivity contribution is -0.145. The van der Waals surface area contributed by atoms with Gasteiger partial charge in [-0.1, -0.05) is 455 Å². The average molecular weight is 1540 g/mol. The van der Waals surface area contributed by atoms with Gasteiger partial charge in [0.15, 0.2) is 0 Å². The quantitative estimate of drug-likeness (QED) is 0.0576. The van der Waals surface area contributed by atoms with Crippen LogP contribution in [0.25, 0.3) is 0 Å². The van der Waals surface area contributed by atoms with Gasteiger partial charge in [0.25, 0.3) is 0 Å². The van der Waals surface area contributed by atoms with Crippen molar-refractivity contribution in [1.82, 2.24) is 0 Å². The van der Waals surface area contributed by atoms with Crippen molar-refractivity contribution in [3.63, 3.8) is 0 Å². The third-order valence-corrected chi connectivity index (χ3v) is 27.0. The molecule has 2 heteroatoms. The van der Waals surface area contributed by atoms with Gasteiger partial charge in [-0.25, -0.2) is 0 Å². The van der Waals surface area contributed by atoms with Crippen LogP contribution in [-0.2, 0) is 35.2 Å². The fourth-order valence-electron chi connectivity index (χ4n) is 19.5. The standard InChI is InChI=1S/C15H28.C12H24.2C11H24.C10H14.C10H20.C10H14.C9H18O2.C9H16.C8H18.C3H8/c1-12-3-7-14(8-4-12)11-15-9-5-13(2)6-10-15;1-6-12(5)8-10(2)7-11(3,4)9-12;1-6-8-10(3)9-11(4,5)7-2;1-6-8-11(4,5)9-10(3)7-2;1-3-9-5-7-10(4-2)8-6-9;2*1-3-9-6-5-7-10(4-2)8-9;1-4-5-6-7-8(2)9(10)11-3;1-2-8-5-7-3-4-9(8)6-7;1-3-5-7-8-6-4-2;1-3-2/h12-15H,3-11H2,1-2H3;10H,6-9H2,1-5H3;2*10H,6-9H2,1-5H3;5-8H,3-4H2,1-2H3;9-10H,3-8H2,1-2H3;5-8H,3-4H2,1-2H3;8H,4-7H2,1-3H3;7-9H,2-6H2,1H3;3-8H2,1-2H3;3H2,1-2H3. The van der Waals surface area contributed by atoms with Gasteiger partial charge in [0.05, 0.1) is 13.0 Å². The summed E-state index contributed by atoms with van der Waals surface area (Å²) in [6.45, 7) is 68.9. The van der Waals surface area contributed by atoms with Crippen molar-refractivity contribution in [2.75, 3.05) is 7.11 Å². The van der Waals surface area contributed by atoms with E-state index < -0.39 is 0 Å². The summed E-state index contributed by atoms with van der Waals surface area (Å²) in [5, 5.41) is 0. The van der Waals surface area contributed by atoms with Crippen LogP contribution >= 0.6 is 0 Å². The van der Waals surface area contributed by atoms with Crippen LogP contribution in [0.4, 0.5) is 0 Å². The van der Waals surface area contributed by atoms with E-state index in [1.165, 1.54) is 261 Å². The molecule has 6 aliphatic rings. The highest BCUT2D eigenvalue weighted by Crippen LogP contribution is 2.51. The molecule has 0 aromatic heterocycles. The highest BCUT2D eigenvalue weighted by atomic mass is 16.5. The summed E-state index contributed by atoms with van der Waals surface area (Å²) >= 11 is 0. The average Bonchev–Trinajstić information content (AvgIpc) is 1.71. The van der Waals surface area contributed by atoms with E-state index in [1.807, 2.05) is 6.92 Å². The van der Waals surface area contributed by atoms with Crippen molar-refractivity contribution < 1.29 is 9.53 Å². The molecule has 0 heterocycles.